The van der Waals surface area contributed by atoms with Crippen LogP contribution >= 0.6 is 0 Å². The first kappa shape index (κ1) is 31.9. The van der Waals surface area contributed by atoms with Crippen LogP contribution in [0, 0.1) is 18.8 Å². The van der Waals surface area contributed by atoms with Crippen molar-refractivity contribution in [2.45, 2.75) is 77.5 Å². The number of aryl methyl sites for hydroxylation is 2. The molecule has 0 spiro atoms. The smallest absolute Gasteiger partial charge is 0.243 e. The molecule has 0 fully saturated rings. The van der Waals surface area contributed by atoms with Gasteiger partial charge in [0, 0.05) is 19.0 Å². The number of nitrogens with one attached hydrogen (secondary N) is 1. The summed E-state index contributed by atoms with van der Waals surface area (Å²) in [6, 6.07) is 11.1. The number of likely N-dealkylation sites (N-methyl/N-ethyl adjacent to an activating group) is 1. The highest BCUT2D eigenvalue weighted by atomic mass is 16.3. The number of phenolic OH excluding ortho intramolecular Hbond substituents is 1. The third kappa shape index (κ3) is 9.75. The molecule has 0 radical (unpaired) electrons. The van der Waals surface area contributed by atoms with Crippen LogP contribution in [0.4, 0.5) is 0 Å². The van der Waals surface area contributed by atoms with Gasteiger partial charge in [-0.1, -0.05) is 35.9 Å². The van der Waals surface area contributed by atoms with Gasteiger partial charge in [-0.05, 0) is 101 Å². The summed E-state index contributed by atoms with van der Waals surface area (Å²) in [6.07, 6.45) is 4.53. The molecular weight excluding hydrogens is 494 g/mol. The van der Waals surface area contributed by atoms with Gasteiger partial charge in [0.25, 0.3) is 0 Å². The molecule has 1 heterocycles. The summed E-state index contributed by atoms with van der Waals surface area (Å²) < 4.78 is 0. The van der Waals surface area contributed by atoms with E-state index in [1.807, 2.05) is 36.4 Å². The average Bonchev–Trinajstić information content (AvgIpc) is 2.90. The minimum Gasteiger partial charge on any atom is -0.508 e. The fourth-order valence-corrected chi connectivity index (χ4v) is 4.80. The van der Waals surface area contributed by atoms with Crippen LogP contribution in [0.1, 0.15) is 54.0 Å². The molecule has 0 aromatic heterocycles. The van der Waals surface area contributed by atoms with E-state index in [0.29, 0.717) is 44.1 Å². The Bertz CT molecular complexity index is 1070. The van der Waals surface area contributed by atoms with Crippen molar-refractivity contribution in [1.82, 2.24) is 15.1 Å². The molecule has 9 nitrogen and oxygen atoms in total. The van der Waals surface area contributed by atoms with Crippen molar-refractivity contribution in [3.63, 3.8) is 0 Å². The van der Waals surface area contributed by atoms with Gasteiger partial charge in [0.1, 0.15) is 18.3 Å². The number of hydrogen-bond acceptors (Lipinski definition) is 7. The van der Waals surface area contributed by atoms with Crippen LogP contribution in [-0.4, -0.2) is 72.5 Å². The lowest BCUT2D eigenvalue weighted by molar-refractivity contribution is -0.134. The minimum atomic E-state index is -0.555. The molecule has 3 atom stereocenters. The van der Waals surface area contributed by atoms with E-state index < -0.39 is 6.04 Å². The molecule has 39 heavy (non-hydrogen) atoms. The molecule has 2 amide bonds. The molecule has 4 N–H and O–H groups in total. The molecule has 0 bridgehead atoms. The maximum Gasteiger partial charge on any atom is 0.243 e. The number of phenols is 1. The molecular formula is C30H45N5O4. The molecule has 214 valence electrons. The molecule has 3 unspecified atom stereocenters. The topological polar surface area (TPSA) is 128 Å². The fourth-order valence-electron chi connectivity index (χ4n) is 4.80. The highest BCUT2D eigenvalue weighted by molar-refractivity contribution is 5.84. The zero-order valence-electron chi connectivity index (χ0n) is 24.0. The Balaban J connectivity index is 0.000000306. The van der Waals surface area contributed by atoms with Gasteiger partial charge in [0.2, 0.25) is 12.3 Å². The molecule has 2 aromatic carbocycles. The van der Waals surface area contributed by atoms with Gasteiger partial charge in [-0.2, -0.15) is 4.91 Å². The highest BCUT2D eigenvalue weighted by Crippen LogP contribution is 2.23. The summed E-state index contributed by atoms with van der Waals surface area (Å²) in [5.41, 5.74) is 11.3. The third-order valence-corrected chi connectivity index (χ3v) is 7.43. The van der Waals surface area contributed by atoms with Crippen LogP contribution < -0.4 is 11.1 Å². The zero-order valence-corrected chi connectivity index (χ0v) is 24.0. The molecule has 1 aliphatic heterocycles. The van der Waals surface area contributed by atoms with Gasteiger partial charge in [0.05, 0.1) is 6.04 Å². The molecule has 2 aromatic rings. The Hall–Kier alpha value is -3.30. The maximum absolute atomic E-state index is 12.6. The maximum atomic E-state index is 12.6. The minimum absolute atomic E-state index is 0.0285. The lowest BCUT2D eigenvalue weighted by atomic mass is 9.93. The highest BCUT2D eigenvalue weighted by Gasteiger charge is 2.31. The molecule has 0 aliphatic carbocycles. The van der Waals surface area contributed by atoms with Crippen LogP contribution in [0.5, 0.6) is 5.75 Å². The summed E-state index contributed by atoms with van der Waals surface area (Å²) >= 11 is 0. The second kappa shape index (κ2) is 16.0. The van der Waals surface area contributed by atoms with E-state index in [-0.39, 0.29) is 18.5 Å². The van der Waals surface area contributed by atoms with Crippen LogP contribution in [0.2, 0.25) is 0 Å². The number of hydrogen-bond donors (Lipinski definition) is 3. The van der Waals surface area contributed by atoms with E-state index in [9.17, 15) is 19.6 Å². The normalized spacial score (nSPS) is 16.0. The van der Waals surface area contributed by atoms with Crippen LogP contribution in [-0.2, 0) is 29.0 Å². The number of fused-ring (bicyclic) bond motifs is 1. The van der Waals surface area contributed by atoms with Gasteiger partial charge in [0.15, 0.2) is 0 Å². The van der Waals surface area contributed by atoms with Crippen LogP contribution in [0.3, 0.4) is 0 Å². The van der Waals surface area contributed by atoms with Gasteiger partial charge in [-0.3, -0.25) is 9.59 Å². The molecule has 0 saturated heterocycles. The molecule has 1 aliphatic rings. The first-order chi connectivity index (χ1) is 18.6. The SMILES string of the molecule is Cc1cc(O)cc(C)c1CC(C)N(C)C.NCCCCC(CN=O)NC(=O)C1Cc2ccccc2CN1C=O. The number of aromatic hydroxyl groups is 1. The first-order valence-electron chi connectivity index (χ1n) is 13.6. The van der Waals surface area contributed by atoms with Crippen molar-refractivity contribution in [2.75, 3.05) is 27.2 Å². The Labute approximate surface area is 232 Å². The van der Waals surface area contributed by atoms with Crippen molar-refractivity contribution >= 4 is 12.3 Å². The predicted octanol–water partition coefficient (Wildman–Crippen LogP) is 3.45. The quantitative estimate of drug-likeness (QED) is 0.215. The lowest BCUT2D eigenvalue weighted by Crippen LogP contribution is -2.52. The molecule has 0 saturated carbocycles. The monoisotopic (exact) mass is 539 g/mol. The van der Waals surface area contributed by atoms with Gasteiger partial charge in [-0.25, -0.2) is 0 Å². The summed E-state index contributed by atoms with van der Waals surface area (Å²) in [7, 11) is 4.19. The summed E-state index contributed by atoms with van der Waals surface area (Å²) in [6.45, 7) is 7.36. The van der Waals surface area contributed by atoms with Crippen molar-refractivity contribution in [3.05, 3.63) is 69.1 Å². The lowest BCUT2D eigenvalue weighted by Gasteiger charge is -2.34. The van der Waals surface area contributed by atoms with E-state index in [1.54, 1.807) is 0 Å². The standard InChI is InChI=1S/C17H24N4O3.C13H21NO/c18-8-4-3-7-15(10-19-24)20-17(23)16-9-13-5-1-2-6-14(13)11-21(16)12-22;1-9-6-12(15)7-10(2)13(9)8-11(3)14(4)5/h1-2,5-6,12,15-16H,3-4,7-11,18H2,(H,20,23);6-7,11,15H,8H2,1-5H3. The van der Waals surface area contributed by atoms with E-state index in [4.69, 9.17) is 5.73 Å². The molecule has 3 rings (SSSR count). The average molecular weight is 540 g/mol. The van der Waals surface area contributed by atoms with E-state index in [1.165, 1.54) is 21.6 Å². The number of carbonyl (C=O) groups excluding carboxylic acids is 2. The predicted molar refractivity (Wildman–Crippen MR) is 155 cm³/mol. The van der Waals surface area contributed by atoms with Crippen LogP contribution in [0.25, 0.3) is 0 Å². The van der Waals surface area contributed by atoms with Gasteiger partial charge in [-0.15, -0.1) is 0 Å². The number of rotatable bonds is 12. The van der Waals surface area contributed by atoms with Crippen molar-refractivity contribution in [3.8, 4) is 5.75 Å². The fraction of sp³-hybridized carbons (Fsp3) is 0.533. The number of nitrogens with zero attached hydrogens (tertiary/aromatic N) is 3. The number of nitrogens with two attached hydrogens (primary N) is 1. The number of benzene rings is 2. The van der Waals surface area contributed by atoms with Crippen molar-refractivity contribution in [2.24, 2.45) is 10.9 Å². The van der Waals surface area contributed by atoms with Crippen molar-refractivity contribution in [1.29, 1.82) is 0 Å². The Morgan fingerprint density at radius 3 is 2.41 bits per heavy atom. The first-order valence-corrected chi connectivity index (χ1v) is 13.6. The second-order valence-corrected chi connectivity index (χ2v) is 10.6. The zero-order chi connectivity index (χ0) is 28.9. The number of unbranched alkanes of at least 4 members (excludes halogenated alkanes) is 1. The van der Waals surface area contributed by atoms with Gasteiger partial charge < -0.3 is 26.0 Å². The Morgan fingerprint density at radius 2 is 1.85 bits per heavy atom. The van der Waals surface area contributed by atoms with E-state index >= 15 is 0 Å². The number of carbonyl (C=O) groups is 2. The van der Waals surface area contributed by atoms with E-state index in [0.717, 1.165) is 30.4 Å². The summed E-state index contributed by atoms with van der Waals surface area (Å²) in [4.78, 5) is 38.3. The summed E-state index contributed by atoms with van der Waals surface area (Å²) in [5.74, 6) is 0.129. The van der Waals surface area contributed by atoms with Crippen LogP contribution in [0.15, 0.2) is 41.6 Å². The molecule has 9 heteroatoms. The Kier molecular flexibility index (Phi) is 13.1. The number of nitroso groups, excluding NO2 is 1. The Morgan fingerprint density at radius 1 is 1.21 bits per heavy atom. The van der Waals surface area contributed by atoms with Crippen molar-refractivity contribution < 1.29 is 14.7 Å². The summed E-state index contributed by atoms with van der Waals surface area (Å²) in [5, 5.41) is 15.2. The van der Waals surface area contributed by atoms with Gasteiger partial charge >= 0.3 is 0 Å². The number of amides is 2. The largest absolute Gasteiger partial charge is 0.508 e. The third-order valence-electron chi connectivity index (χ3n) is 7.43. The second-order valence-electron chi connectivity index (χ2n) is 10.6. The van der Waals surface area contributed by atoms with E-state index in [2.05, 4.69) is 50.3 Å².